The summed E-state index contributed by atoms with van der Waals surface area (Å²) in [6, 6.07) is 9.85. The van der Waals surface area contributed by atoms with Gasteiger partial charge in [0.15, 0.2) is 9.84 Å². The number of benzene rings is 1. The first-order valence-corrected chi connectivity index (χ1v) is 11.5. The Morgan fingerprint density at radius 2 is 2.00 bits per heavy atom. The van der Waals surface area contributed by atoms with E-state index in [1.165, 1.54) is 18.3 Å². The molecule has 0 radical (unpaired) electrons. The maximum atomic E-state index is 12.7. The van der Waals surface area contributed by atoms with E-state index in [0.29, 0.717) is 40.6 Å². The average molecular weight is 436 g/mol. The van der Waals surface area contributed by atoms with Gasteiger partial charge in [0.05, 0.1) is 33.4 Å². The zero-order valence-electron chi connectivity index (χ0n) is 16.8. The van der Waals surface area contributed by atoms with Crippen molar-refractivity contribution in [3.05, 3.63) is 76.0 Å². The van der Waals surface area contributed by atoms with Crippen molar-refractivity contribution >= 4 is 32.3 Å². The monoisotopic (exact) mass is 436 g/mol. The third kappa shape index (κ3) is 3.50. The van der Waals surface area contributed by atoms with Crippen LogP contribution >= 0.6 is 0 Å². The Morgan fingerprint density at radius 3 is 2.77 bits per heavy atom. The van der Waals surface area contributed by atoms with E-state index < -0.39 is 9.84 Å². The van der Waals surface area contributed by atoms with Crippen molar-refractivity contribution in [3.8, 4) is 0 Å². The lowest BCUT2D eigenvalue weighted by Gasteiger charge is -2.09. The third-order valence-corrected chi connectivity index (χ3v) is 7.73. The predicted molar refractivity (Wildman–Crippen MR) is 116 cm³/mol. The second-order valence-electron chi connectivity index (χ2n) is 7.87. The van der Waals surface area contributed by atoms with Gasteiger partial charge in [0.2, 0.25) is 0 Å². The van der Waals surface area contributed by atoms with Crippen LogP contribution in [-0.2, 0) is 16.4 Å². The Morgan fingerprint density at radius 1 is 1.19 bits per heavy atom. The van der Waals surface area contributed by atoms with E-state index in [0.717, 1.165) is 5.56 Å². The molecule has 3 heterocycles. The summed E-state index contributed by atoms with van der Waals surface area (Å²) < 4.78 is 26.6. The minimum atomic E-state index is -3.31. The summed E-state index contributed by atoms with van der Waals surface area (Å²) in [6.45, 7) is 2.01. The van der Waals surface area contributed by atoms with E-state index in [1.54, 1.807) is 28.7 Å². The number of aromatic amines is 1. The van der Waals surface area contributed by atoms with Gasteiger partial charge in [-0.2, -0.15) is 0 Å². The van der Waals surface area contributed by atoms with Gasteiger partial charge in [-0.15, -0.1) is 0 Å². The lowest BCUT2D eigenvalue weighted by Crippen LogP contribution is -2.23. The first-order chi connectivity index (χ1) is 14.8. The first kappa shape index (κ1) is 19.5. The zero-order chi connectivity index (χ0) is 21.8. The molecule has 1 fully saturated rings. The third-order valence-electron chi connectivity index (χ3n) is 5.47. The summed E-state index contributed by atoms with van der Waals surface area (Å²) in [6.07, 6.45) is 4.69. The van der Waals surface area contributed by atoms with Crippen LogP contribution in [0.4, 0.5) is 0 Å². The Bertz CT molecular complexity index is 1510. The molecule has 8 nitrogen and oxygen atoms in total. The molecule has 0 bridgehead atoms. The Labute approximate surface area is 177 Å². The summed E-state index contributed by atoms with van der Waals surface area (Å²) in [5.41, 5.74) is 3.51. The fourth-order valence-electron chi connectivity index (χ4n) is 3.71. The van der Waals surface area contributed by atoms with Crippen molar-refractivity contribution in [3.63, 3.8) is 0 Å². The molecule has 1 aliphatic carbocycles. The van der Waals surface area contributed by atoms with Gasteiger partial charge in [-0.1, -0.05) is 0 Å². The number of nitrogens with one attached hydrogen (secondary N) is 2. The molecule has 1 aliphatic rings. The van der Waals surface area contributed by atoms with Gasteiger partial charge in [-0.25, -0.2) is 8.42 Å². The van der Waals surface area contributed by atoms with E-state index in [2.05, 4.69) is 15.3 Å². The SMILES string of the molecule is Cc1cc2c(=O)[nH]c3ccc(C(=O)NCc4cc(S(=O)(=O)C5CC5)ccn4)cc3n2c1. The second kappa shape index (κ2) is 7.05. The largest absolute Gasteiger partial charge is 0.346 e. The number of hydrogen-bond acceptors (Lipinski definition) is 5. The molecule has 5 rings (SSSR count). The first-order valence-electron chi connectivity index (χ1n) is 9.95. The van der Waals surface area contributed by atoms with E-state index in [1.807, 2.05) is 13.1 Å². The van der Waals surface area contributed by atoms with Gasteiger partial charge in [0.1, 0.15) is 5.52 Å². The Balaban J connectivity index is 1.40. The molecule has 0 aliphatic heterocycles. The summed E-state index contributed by atoms with van der Waals surface area (Å²) >= 11 is 0. The van der Waals surface area contributed by atoms with Crippen molar-refractivity contribution in [1.29, 1.82) is 0 Å². The highest BCUT2D eigenvalue weighted by molar-refractivity contribution is 7.92. The van der Waals surface area contributed by atoms with Crippen LogP contribution in [0.25, 0.3) is 16.6 Å². The highest BCUT2D eigenvalue weighted by Gasteiger charge is 2.36. The molecular formula is C22H20N4O4S. The zero-order valence-corrected chi connectivity index (χ0v) is 17.6. The summed E-state index contributed by atoms with van der Waals surface area (Å²) in [5.74, 6) is -0.317. The van der Waals surface area contributed by atoms with Gasteiger partial charge < -0.3 is 14.7 Å². The smallest absolute Gasteiger partial charge is 0.272 e. The van der Waals surface area contributed by atoms with E-state index in [4.69, 9.17) is 0 Å². The molecule has 3 aromatic heterocycles. The van der Waals surface area contributed by atoms with Crippen LogP contribution in [0.3, 0.4) is 0 Å². The number of hydrogen-bond donors (Lipinski definition) is 2. The molecule has 31 heavy (non-hydrogen) atoms. The van der Waals surface area contributed by atoms with E-state index >= 15 is 0 Å². The summed E-state index contributed by atoms with van der Waals surface area (Å²) in [5, 5.41) is 2.49. The van der Waals surface area contributed by atoms with Gasteiger partial charge in [-0.05, 0) is 61.7 Å². The number of carbonyl (C=O) groups excluding carboxylic acids is 1. The summed E-state index contributed by atoms with van der Waals surface area (Å²) in [4.78, 5) is 32.2. The molecule has 158 valence electrons. The molecule has 0 unspecified atom stereocenters. The molecular weight excluding hydrogens is 416 g/mol. The number of carbonyl (C=O) groups is 1. The van der Waals surface area contributed by atoms with Crippen LogP contribution in [0, 0.1) is 6.92 Å². The number of pyridine rings is 1. The number of amides is 1. The maximum absolute atomic E-state index is 12.7. The van der Waals surface area contributed by atoms with Crippen molar-refractivity contribution < 1.29 is 13.2 Å². The van der Waals surface area contributed by atoms with Crippen LogP contribution < -0.4 is 10.9 Å². The van der Waals surface area contributed by atoms with Crippen LogP contribution in [0.5, 0.6) is 0 Å². The molecule has 1 aromatic carbocycles. The summed E-state index contributed by atoms with van der Waals surface area (Å²) in [7, 11) is -3.31. The average Bonchev–Trinajstić information content (AvgIpc) is 3.54. The van der Waals surface area contributed by atoms with Crippen LogP contribution in [-0.4, -0.2) is 33.9 Å². The fraction of sp³-hybridized carbons (Fsp3) is 0.227. The van der Waals surface area contributed by atoms with E-state index in [-0.39, 0.29) is 28.2 Å². The molecule has 1 saturated carbocycles. The van der Waals surface area contributed by atoms with Crippen LogP contribution in [0.2, 0.25) is 0 Å². The Hall–Kier alpha value is -3.46. The topological polar surface area (TPSA) is 113 Å². The molecule has 4 aromatic rings. The lowest BCUT2D eigenvalue weighted by atomic mass is 10.1. The van der Waals surface area contributed by atoms with Crippen molar-refractivity contribution in [2.75, 3.05) is 0 Å². The number of sulfone groups is 1. The molecule has 0 saturated heterocycles. The molecule has 0 atom stereocenters. The molecule has 2 N–H and O–H groups in total. The highest BCUT2D eigenvalue weighted by Crippen LogP contribution is 2.33. The van der Waals surface area contributed by atoms with Crippen molar-refractivity contribution in [2.24, 2.45) is 0 Å². The number of nitrogens with zero attached hydrogens (tertiary/aromatic N) is 2. The fourth-order valence-corrected chi connectivity index (χ4v) is 5.40. The van der Waals surface area contributed by atoms with Crippen LogP contribution in [0.1, 0.15) is 34.5 Å². The van der Waals surface area contributed by atoms with Crippen molar-refractivity contribution in [1.82, 2.24) is 19.7 Å². The number of rotatable bonds is 5. The molecule has 9 heteroatoms. The highest BCUT2D eigenvalue weighted by atomic mass is 32.2. The quantitative estimate of drug-likeness (QED) is 0.499. The van der Waals surface area contributed by atoms with Crippen LogP contribution in [0.15, 0.2) is 58.5 Å². The van der Waals surface area contributed by atoms with Gasteiger partial charge >= 0.3 is 0 Å². The molecule has 0 spiro atoms. The van der Waals surface area contributed by atoms with E-state index in [9.17, 15) is 18.0 Å². The Kier molecular flexibility index (Phi) is 4.44. The lowest BCUT2D eigenvalue weighted by molar-refractivity contribution is 0.0950. The number of aryl methyl sites for hydroxylation is 1. The standard InChI is InChI=1S/C22H20N4O4S/c1-13-8-20-22(28)25-18-5-2-14(9-19(18)26(20)12-13)21(27)24-11-15-10-17(6-7-23-15)31(29,30)16-3-4-16/h2,5-10,12,16H,3-4,11H2,1H3,(H,24,27)(H,25,28). The van der Waals surface area contributed by atoms with Gasteiger partial charge in [0, 0.05) is 18.0 Å². The predicted octanol–water partition coefficient (Wildman–Crippen LogP) is 2.35. The van der Waals surface area contributed by atoms with Crippen molar-refractivity contribution in [2.45, 2.75) is 36.5 Å². The number of H-pyrrole nitrogens is 1. The minimum Gasteiger partial charge on any atom is -0.346 e. The van der Waals surface area contributed by atoms with Gasteiger partial charge in [-0.3, -0.25) is 14.6 Å². The normalized spacial score (nSPS) is 14.2. The number of fused-ring (bicyclic) bond motifs is 3. The maximum Gasteiger partial charge on any atom is 0.272 e. The minimum absolute atomic E-state index is 0.106. The second-order valence-corrected chi connectivity index (χ2v) is 10.1. The molecule has 1 amide bonds. The van der Waals surface area contributed by atoms with Gasteiger partial charge in [0.25, 0.3) is 11.5 Å². The number of aromatic nitrogens is 3.